The van der Waals surface area contributed by atoms with Gasteiger partial charge in [0.25, 0.3) is 5.91 Å². The van der Waals surface area contributed by atoms with Crippen molar-refractivity contribution in [2.24, 2.45) is 0 Å². The maximum Gasteiger partial charge on any atom is 0.253 e. The van der Waals surface area contributed by atoms with Crippen LogP contribution < -0.4 is 10.1 Å². The summed E-state index contributed by atoms with van der Waals surface area (Å²) in [6, 6.07) is 8.37. The molecule has 1 amide bonds. The van der Waals surface area contributed by atoms with E-state index in [2.05, 4.69) is 42.2 Å². The standard InChI is InChI=1S/C17H13Br2FN2O2/c1-24-16-3-2-9(4-14(16)20)7-22-17(23)11-8-21-15-6-13(19)12(18)5-10(11)15/h2-6,8,21H,7H2,1H3,(H,22,23). The van der Waals surface area contributed by atoms with Crippen LogP contribution in [0.5, 0.6) is 5.75 Å². The Morgan fingerprint density at radius 3 is 2.71 bits per heavy atom. The smallest absolute Gasteiger partial charge is 0.253 e. The van der Waals surface area contributed by atoms with Gasteiger partial charge in [0.05, 0.1) is 12.7 Å². The lowest BCUT2D eigenvalue weighted by Gasteiger charge is -2.07. The summed E-state index contributed by atoms with van der Waals surface area (Å²) in [6.45, 7) is 0.226. The molecule has 1 aromatic heterocycles. The molecular formula is C17H13Br2FN2O2. The van der Waals surface area contributed by atoms with Crippen molar-refractivity contribution in [3.8, 4) is 5.75 Å². The van der Waals surface area contributed by atoms with Crippen LogP contribution in [0.3, 0.4) is 0 Å². The third kappa shape index (κ3) is 3.32. The van der Waals surface area contributed by atoms with Gasteiger partial charge in [0.2, 0.25) is 0 Å². The number of halogens is 3. The molecule has 0 spiro atoms. The van der Waals surface area contributed by atoms with Crippen LogP contribution in [-0.4, -0.2) is 18.0 Å². The van der Waals surface area contributed by atoms with Crippen LogP contribution in [0, 0.1) is 5.82 Å². The minimum Gasteiger partial charge on any atom is -0.494 e. The van der Waals surface area contributed by atoms with Crippen LogP contribution in [0.1, 0.15) is 15.9 Å². The van der Waals surface area contributed by atoms with Gasteiger partial charge in [0.15, 0.2) is 11.6 Å². The summed E-state index contributed by atoms with van der Waals surface area (Å²) in [5, 5.41) is 3.61. The molecule has 0 fully saturated rings. The SMILES string of the molecule is COc1ccc(CNC(=O)c2c[nH]c3cc(Br)c(Br)cc23)cc1F. The normalized spacial score (nSPS) is 10.8. The Kier molecular flexibility index (Phi) is 4.91. The van der Waals surface area contributed by atoms with Crippen molar-refractivity contribution >= 4 is 48.7 Å². The summed E-state index contributed by atoms with van der Waals surface area (Å²) in [4.78, 5) is 15.5. The van der Waals surface area contributed by atoms with Crippen molar-refractivity contribution in [3.63, 3.8) is 0 Å². The zero-order valence-corrected chi connectivity index (χ0v) is 15.8. The predicted octanol–water partition coefficient (Wildman–Crippen LogP) is 4.77. The van der Waals surface area contributed by atoms with E-state index in [-0.39, 0.29) is 18.2 Å². The van der Waals surface area contributed by atoms with Gasteiger partial charge in [0.1, 0.15) is 0 Å². The Hall–Kier alpha value is -1.86. The number of carbonyl (C=O) groups excluding carboxylic acids is 1. The summed E-state index contributed by atoms with van der Waals surface area (Å²) < 4.78 is 20.3. The highest BCUT2D eigenvalue weighted by molar-refractivity contribution is 9.13. The topological polar surface area (TPSA) is 54.1 Å². The molecule has 0 bridgehead atoms. The molecule has 3 aromatic rings. The van der Waals surface area contributed by atoms with E-state index in [1.54, 1.807) is 12.3 Å². The number of benzene rings is 2. The van der Waals surface area contributed by atoms with Crippen LogP contribution in [0.15, 0.2) is 45.5 Å². The molecule has 3 rings (SSSR count). The minimum absolute atomic E-state index is 0.178. The number of hydrogen-bond acceptors (Lipinski definition) is 2. The zero-order valence-electron chi connectivity index (χ0n) is 12.6. The first-order valence-electron chi connectivity index (χ1n) is 7.06. The van der Waals surface area contributed by atoms with Crippen LogP contribution in [0.2, 0.25) is 0 Å². The molecule has 4 nitrogen and oxygen atoms in total. The van der Waals surface area contributed by atoms with Crippen molar-refractivity contribution in [1.82, 2.24) is 10.3 Å². The fraction of sp³-hybridized carbons (Fsp3) is 0.118. The van der Waals surface area contributed by atoms with Crippen LogP contribution >= 0.6 is 31.9 Å². The van der Waals surface area contributed by atoms with Crippen molar-refractivity contribution in [2.75, 3.05) is 7.11 Å². The van der Waals surface area contributed by atoms with Crippen LogP contribution in [0.25, 0.3) is 10.9 Å². The highest BCUT2D eigenvalue weighted by atomic mass is 79.9. The van der Waals surface area contributed by atoms with Gasteiger partial charge in [-0.15, -0.1) is 0 Å². The van der Waals surface area contributed by atoms with E-state index in [1.165, 1.54) is 19.2 Å². The van der Waals surface area contributed by atoms with Crippen LogP contribution in [-0.2, 0) is 6.54 Å². The number of hydrogen-bond donors (Lipinski definition) is 2. The number of fused-ring (bicyclic) bond motifs is 1. The number of ether oxygens (including phenoxy) is 1. The second-order valence-electron chi connectivity index (χ2n) is 5.17. The van der Waals surface area contributed by atoms with Gasteiger partial charge in [-0.2, -0.15) is 0 Å². The van der Waals surface area contributed by atoms with Gasteiger partial charge in [-0.25, -0.2) is 4.39 Å². The number of methoxy groups -OCH3 is 1. The first kappa shape index (κ1) is 17.0. The molecule has 2 aromatic carbocycles. The molecule has 2 N–H and O–H groups in total. The fourth-order valence-electron chi connectivity index (χ4n) is 2.40. The summed E-state index contributed by atoms with van der Waals surface area (Å²) in [5.41, 5.74) is 2.04. The van der Waals surface area contributed by atoms with Gasteiger partial charge < -0.3 is 15.0 Å². The zero-order chi connectivity index (χ0) is 17.3. The summed E-state index contributed by atoms with van der Waals surface area (Å²) in [5.74, 6) is -0.506. The molecule has 0 aliphatic heterocycles. The van der Waals surface area contributed by atoms with Gasteiger partial charge in [-0.1, -0.05) is 6.07 Å². The average molecular weight is 456 g/mol. The van der Waals surface area contributed by atoms with E-state index in [1.807, 2.05) is 12.1 Å². The maximum atomic E-state index is 13.7. The van der Waals surface area contributed by atoms with Crippen molar-refractivity contribution in [1.29, 1.82) is 0 Å². The second-order valence-corrected chi connectivity index (χ2v) is 6.87. The Balaban J connectivity index is 1.78. The molecule has 124 valence electrons. The Labute approximate surface area is 154 Å². The number of rotatable bonds is 4. The molecular weight excluding hydrogens is 443 g/mol. The molecule has 0 saturated heterocycles. The molecule has 24 heavy (non-hydrogen) atoms. The summed E-state index contributed by atoms with van der Waals surface area (Å²) in [7, 11) is 1.41. The predicted molar refractivity (Wildman–Crippen MR) is 97.8 cm³/mol. The van der Waals surface area contributed by atoms with E-state index >= 15 is 0 Å². The first-order valence-corrected chi connectivity index (χ1v) is 8.65. The summed E-state index contributed by atoms with van der Waals surface area (Å²) >= 11 is 6.86. The van der Waals surface area contributed by atoms with Crippen LogP contribution in [0.4, 0.5) is 4.39 Å². The minimum atomic E-state index is -0.454. The third-order valence-corrected chi connectivity index (χ3v) is 5.48. The van der Waals surface area contributed by atoms with E-state index < -0.39 is 5.82 Å². The monoisotopic (exact) mass is 454 g/mol. The Morgan fingerprint density at radius 1 is 1.25 bits per heavy atom. The van der Waals surface area contributed by atoms with Gasteiger partial charge >= 0.3 is 0 Å². The Bertz CT molecular complexity index is 924. The largest absolute Gasteiger partial charge is 0.494 e. The second kappa shape index (κ2) is 6.94. The van der Waals surface area contributed by atoms with E-state index in [0.717, 1.165) is 19.8 Å². The first-order chi connectivity index (χ1) is 11.5. The highest BCUT2D eigenvalue weighted by Crippen LogP contribution is 2.30. The van der Waals surface area contributed by atoms with Crippen molar-refractivity contribution in [2.45, 2.75) is 6.54 Å². The number of aromatic nitrogens is 1. The average Bonchev–Trinajstić information content (AvgIpc) is 2.96. The lowest BCUT2D eigenvalue weighted by atomic mass is 10.1. The van der Waals surface area contributed by atoms with Gasteiger partial charge in [-0.05, 0) is 61.7 Å². The number of carbonyl (C=O) groups is 1. The molecule has 0 aliphatic rings. The van der Waals surface area contributed by atoms with E-state index in [9.17, 15) is 9.18 Å². The summed E-state index contributed by atoms with van der Waals surface area (Å²) in [6.07, 6.45) is 1.66. The number of aromatic amines is 1. The van der Waals surface area contributed by atoms with Gasteiger partial charge in [0, 0.05) is 32.6 Å². The molecule has 7 heteroatoms. The number of H-pyrrole nitrogens is 1. The number of nitrogens with one attached hydrogen (secondary N) is 2. The van der Waals surface area contributed by atoms with Crippen molar-refractivity contribution in [3.05, 3.63) is 62.4 Å². The molecule has 1 heterocycles. The van der Waals surface area contributed by atoms with Gasteiger partial charge in [-0.3, -0.25) is 4.79 Å². The number of amides is 1. The molecule has 0 aliphatic carbocycles. The van der Waals surface area contributed by atoms with E-state index in [4.69, 9.17) is 4.74 Å². The molecule has 0 radical (unpaired) electrons. The van der Waals surface area contributed by atoms with Crippen molar-refractivity contribution < 1.29 is 13.9 Å². The Morgan fingerprint density at radius 2 is 2.00 bits per heavy atom. The lowest BCUT2D eigenvalue weighted by molar-refractivity contribution is 0.0952. The molecule has 0 saturated carbocycles. The highest BCUT2D eigenvalue weighted by Gasteiger charge is 2.14. The molecule has 0 atom stereocenters. The molecule has 0 unspecified atom stereocenters. The lowest BCUT2D eigenvalue weighted by Crippen LogP contribution is -2.22. The van der Waals surface area contributed by atoms with E-state index in [0.29, 0.717) is 11.1 Å². The third-order valence-electron chi connectivity index (χ3n) is 3.64. The maximum absolute atomic E-state index is 13.7. The fourth-order valence-corrected chi connectivity index (χ4v) is 3.09. The quantitative estimate of drug-likeness (QED) is 0.595.